The standard InChI is InChI=1S/C29H31N5O4S.C24H23N5O2S.C10H7NO3S.ClH/c1-28(2,3)38-27(37)33-13-11-29(17-33)15-19(16-29)34-21-7-5-4-6-20(21)31-26(34)32-25(36)23-9-8-22(39-23)18-10-12-30-24(35)14-18;30-21-11-15(7-9-26-21)19-5-6-20(32-19)22(31)28-23-27-17-3-1-2-4-18(17)29(23)16-12-24(13-16)8-10-25-14-24;12-9-5-6(3-4-11-9)7-1-2-8(15-7)10(13)14;/h4-10,12,14,19H,11,13,15-17H2,1-3H3,(H,30,35)(H,31,32,36);1-7,9,11,16,25H,8,10,12-14H2,(H,26,30)(H,27,28,31);1-5H,(H,11,12)(H,13,14);1H. The lowest BCUT2D eigenvalue weighted by Gasteiger charge is -2.46. The van der Waals surface area contributed by atoms with Gasteiger partial charge in [-0.1, -0.05) is 24.3 Å². The van der Waals surface area contributed by atoms with E-state index in [4.69, 9.17) is 19.8 Å². The topological polar surface area (TPSA) is 271 Å². The minimum Gasteiger partial charge on any atom is -0.477 e. The first-order valence-electron chi connectivity index (χ1n) is 28.2. The summed E-state index contributed by atoms with van der Waals surface area (Å²) in [5.74, 6) is -0.240. The van der Waals surface area contributed by atoms with Crippen LogP contribution in [-0.2, 0) is 4.74 Å². The van der Waals surface area contributed by atoms with Gasteiger partial charge in [0, 0.05) is 83.1 Å². The van der Waals surface area contributed by atoms with E-state index in [0.717, 1.165) is 110 Å². The van der Waals surface area contributed by atoms with Crippen LogP contribution in [0.5, 0.6) is 0 Å². The number of aromatic carboxylic acids is 1. The number of carbonyl (C=O) groups excluding carboxylic acids is 3. The number of para-hydroxylation sites is 4. The second kappa shape index (κ2) is 24.6. The minimum absolute atomic E-state index is 0. The predicted octanol–water partition coefficient (Wildman–Crippen LogP) is 11.9. The Hall–Kier alpha value is -8.74. The zero-order valence-electron chi connectivity index (χ0n) is 47.6. The SMILES string of the molecule is CC(C)(C)OC(=O)N1CCC2(CC(n3c(NC(=O)c4ccc(-c5cc[nH]c(=O)c5)s4)nc4ccccc43)C2)C1.Cl.O=C(Nc1nc2ccccc2n1C1CC2(CCNC2)C1)c1ccc(-c2cc[nH]c(=O)c2)s1.O=C(O)c1ccc(-c2cc[nH]c(=O)c2)s1. The van der Waals surface area contributed by atoms with E-state index >= 15 is 0 Å². The van der Waals surface area contributed by atoms with Gasteiger partial charge in [-0.2, -0.15) is 0 Å². The van der Waals surface area contributed by atoms with Gasteiger partial charge in [-0.05, 0) is 172 Å². The number of carboxylic acids is 1. The third-order valence-electron chi connectivity index (χ3n) is 16.1. The second-order valence-corrected chi connectivity index (χ2v) is 26.6. The average molecular weight is 1250 g/mol. The molecule has 4 fully saturated rings. The third-order valence-corrected chi connectivity index (χ3v) is 19.5. The van der Waals surface area contributed by atoms with Crippen molar-refractivity contribution in [1.29, 1.82) is 0 Å². The van der Waals surface area contributed by atoms with Crippen LogP contribution in [0.2, 0.25) is 0 Å². The summed E-state index contributed by atoms with van der Waals surface area (Å²) in [6.45, 7) is 9.21. The van der Waals surface area contributed by atoms with Gasteiger partial charge in [-0.3, -0.25) is 34.6 Å². The van der Waals surface area contributed by atoms with Crippen molar-refractivity contribution < 1.29 is 29.0 Å². The van der Waals surface area contributed by atoms with Crippen molar-refractivity contribution in [3.8, 4) is 31.3 Å². The van der Waals surface area contributed by atoms with E-state index in [-0.39, 0.29) is 63.3 Å². The summed E-state index contributed by atoms with van der Waals surface area (Å²) in [5, 5.41) is 18.3. The number of amides is 3. The molecule has 10 heterocycles. The number of benzene rings is 2. The smallest absolute Gasteiger partial charge is 0.410 e. The van der Waals surface area contributed by atoms with Crippen LogP contribution in [0.15, 0.2) is 154 Å². The fraction of sp³-hybridized carbons (Fsp3) is 0.286. The molecule has 8 aromatic heterocycles. The maximum absolute atomic E-state index is 13.3. The molecule has 0 bridgehead atoms. The lowest BCUT2D eigenvalue weighted by atomic mass is 9.65. The van der Waals surface area contributed by atoms with Crippen LogP contribution in [0.25, 0.3) is 53.4 Å². The molecule has 14 rings (SSSR count). The van der Waals surface area contributed by atoms with Crippen LogP contribution >= 0.6 is 46.4 Å². The highest BCUT2D eigenvalue weighted by Crippen LogP contribution is 2.56. The Bertz CT molecular complexity index is 4390. The number of carboxylic acid groups (broad SMARTS) is 1. The molecular weight excluding hydrogens is 1190 g/mol. The summed E-state index contributed by atoms with van der Waals surface area (Å²) in [7, 11) is 0. The van der Waals surface area contributed by atoms with Crippen LogP contribution in [-0.4, -0.2) is 99.7 Å². The van der Waals surface area contributed by atoms with Gasteiger partial charge in [-0.25, -0.2) is 19.6 Å². The monoisotopic (exact) mass is 1250 g/mol. The fourth-order valence-electron chi connectivity index (χ4n) is 12.1. The molecule has 20 nitrogen and oxygen atoms in total. The molecule has 2 aliphatic heterocycles. The molecule has 2 saturated carbocycles. The molecule has 4 aliphatic rings. The van der Waals surface area contributed by atoms with Gasteiger partial charge in [-0.15, -0.1) is 46.4 Å². The van der Waals surface area contributed by atoms with E-state index in [1.54, 1.807) is 36.7 Å². The van der Waals surface area contributed by atoms with E-state index in [9.17, 15) is 33.6 Å². The number of ether oxygens (including phenoxy) is 1. The Morgan fingerprint density at radius 1 is 0.598 bits per heavy atom. The van der Waals surface area contributed by atoms with Gasteiger partial charge in [0.1, 0.15) is 10.5 Å². The summed E-state index contributed by atoms with van der Waals surface area (Å²) in [4.78, 5) is 107. The summed E-state index contributed by atoms with van der Waals surface area (Å²) >= 11 is 3.85. The second-order valence-electron chi connectivity index (χ2n) is 23.3. The van der Waals surface area contributed by atoms with Crippen molar-refractivity contribution in [1.82, 2.24) is 44.3 Å². The Morgan fingerprint density at radius 2 is 1.03 bits per heavy atom. The normalized spacial score (nSPS) is 19.3. The Balaban J connectivity index is 0.000000146. The number of fused-ring (bicyclic) bond motifs is 2. The predicted molar refractivity (Wildman–Crippen MR) is 342 cm³/mol. The molecule has 2 aliphatic carbocycles. The van der Waals surface area contributed by atoms with Gasteiger partial charge in [0.2, 0.25) is 28.6 Å². The number of aromatic amines is 3. The first-order chi connectivity index (χ1) is 41.4. The molecule has 0 atom stereocenters. The molecule has 0 unspecified atom stereocenters. The number of imidazole rings is 2. The minimum atomic E-state index is -0.948. The summed E-state index contributed by atoms with van der Waals surface area (Å²) in [6, 6.07) is 36.9. The van der Waals surface area contributed by atoms with Crippen LogP contribution < -0.4 is 32.6 Å². The highest BCUT2D eigenvalue weighted by Gasteiger charge is 2.52. The van der Waals surface area contributed by atoms with E-state index in [1.807, 2.05) is 92.4 Å². The number of thiophene rings is 3. The molecule has 2 aromatic carbocycles. The number of rotatable bonds is 10. The van der Waals surface area contributed by atoms with Gasteiger partial charge >= 0.3 is 12.1 Å². The molecule has 0 radical (unpaired) electrons. The van der Waals surface area contributed by atoms with Gasteiger partial charge < -0.3 is 44.1 Å². The lowest BCUT2D eigenvalue weighted by Crippen LogP contribution is -2.43. The highest BCUT2D eigenvalue weighted by molar-refractivity contribution is 7.18. The number of nitrogens with zero attached hydrogens (tertiary/aromatic N) is 5. The number of hydrogen-bond donors (Lipinski definition) is 7. The number of likely N-dealkylation sites (tertiary alicyclic amines) is 1. The Kier molecular flexibility index (Phi) is 16.9. The number of pyridine rings is 3. The quantitative estimate of drug-likeness (QED) is 0.0674. The number of H-pyrrole nitrogens is 3. The first-order valence-corrected chi connectivity index (χ1v) is 30.7. The lowest BCUT2D eigenvalue weighted by molar-refractivity contribution is 0.0199. The van der Waals surface area contributed by atoms with Crippen molar-refractivity contribution in [2.24, 2.45) is 10.8 Å². The maximum Gasteiger partial charge on any atom is 0.410 e. The molecule has 3 amide bonds. The molecule has 10 aromatic rings. The van der Waals surface area contributed by atoms with E-state index < -0.39 is 11.6 Å². The zero-order chi connectivity index (χ0) is 59.9. The Morgan fingerprint density at radius 3 is 1.45 bits per heavy atom. The summed E-state index contributed by atoms with van der Waals surface area (Å²) < 4.78 is 9.94. The third kappa shape index (κ3) is 13.0. The van der Waals surface area contributed by atoms with Crippen LogP contribution in [0, 0.1) is 10.8 Å². The number of nitrogens with one attached hydrogen (secondary N) is 6. The number of aromatic nitrogens is 7. The molecule has 24 heteroatoms. The molecular formula is C63H62ClN11O9S3. The maximum atomic E-state index is 13.3. The van der Waals surface area contributed by atoms with E-state index in [0.29, 0.717) is 46.2 Å². The largest absolute Gasteiger partial charge is 0.477 e. The molecule has 87 heavy (non-hydrogen) atoms. The van der Waals surface area contributed by atoms with Gasteiger partial charge in [0.05, 0.1) is 31.8 Å². The summed E-state index contributed by atoms with van der Waals surface area (Å²) in [5.41, 5.74) is 5.46. The van der Waals surface area contributed by atoms with Crippen molar-refractivity contribution in [2.45, 2.75) is 77.0 Å². The number of halogens is 1. The van der Waals surface area contributed by atoms with Crippen LogP contribution in [0.1, 0.15) is 100 Å². The Labute approximate surface area is 516 Å². The zero-order valence-corrected chi connectivity index (χ0v) is 50.9. The average Bonchev–Trinajstić information content (AvgIpc) is 1.67. The van der Waals surface area contributed by atoms with Gasteiger partial charge in [0.15, 0.2) is 0 Å². The van der Waals surface area contributed by atoms with Crippen LogP contribution in [0.3, 0.4) is 0 Å². The molecule has 2 saturated heterocycles. The van der Waals surface area contributed by atoms with E-state index in [2.05, 4.69) is 46.1 Å². The van der Waals surface area contributed by atoms with Crippen molar-refractivity contribution >= 4 is 104 Å². The van der Waals surface area contributed by atoms with E-state index in [1.165, 1.54) is 59.6 Å². The van der Waals surface area contributed by atoms with Crippen molar-refractivity contribution in [3.63, 3.8) is 0 Å². The molecule has 2 spiro atoms. The summed E-state index contributed by atoms with van der Waals surface area (Å²) in [6.07, 6.45) is 10.7. The first kappa shape index (κ1) is 60.0. The molecule has 448 valence electrons. The fourth-order valence-corrected chi connectivity index (χ4v) is 14.7. The van der Waals surface area contributed by atoms with Crippen molar-refractivity contribution in [2.75, 3.05) is 36.8 Å². The molecule has 7 N–H and O–H groups in total. The number of carbonyl (C=O) groups is 4. The van der Waals surface area contributed by atoms with Gasteiger partial charge in [0.25, 0.3) is 11.8 Å². The number of anilines is 2. The van der Waals surface area contributed by atoms with Crippen LogP contribution in [0.4, 0.5) is 16.7 Å². The highest BCUT2D eigenvalue weighted by atomic mass is 35.5. The number of hydrogen-bond acceptors (Lipinski definition) is 14. The van der Waals surface area contributed by atoms with Crippen molar-refractivity contribution in [3.05, 3.63) is 186 Å².